The standard InChI is InChI=1S/C11H8BrNO3/c1-6(14)16-13-10-5-7-4-8(12)2-3-9(7)11(10)15/h2-4H,5H2,1H3/b13-10+. The van der Waals surface area contributed by atoms with Crippen LogP contribution in [-0.4, -0.2) is 17.5 Å². The molecule has 1 aromatic carbocycles. The first-order valence-corrected chi connectivity index (χ1v) is 5.45. The fourth-order valence-electron chi connectivity index (χ4n) is 1.54. The molecule has 82 valence electrons. The summed E-state index contributed by atoms with van der Waals surface area (Å²) in [7, 11) is 0. The fraction of sp³-hybridized carbons (Fsp3) is 0.182. The number of rotatable bonds is 1. The van der Waals surface area contributed by atoms with Crippen LogP contribution in [-0.2, 0) is 16.1 Å². The van der Waals surface area contributed by atoms with E-state index in [9.17, 15) is 9.59 Å². The molecular weight excluding hydrogens is 274 g/mol. The highest BCUT2D eigenvalue weighted by Gasteiger charge is 2.27. The zero-order valence-electron chi connectivity index (χ0n) is 8.49. The fourth-order valence-corrected chi connectivity index (χ4v) is 1.95. The molecule has 5 heteroatoms. The molecule has 4 nitrogen and oxygen atoms in total. The zero-order valence-corrected chi connectivity index (χ0v) is 10.1. The van der Waals surface area contributed by atoms with Gasteiger partial charge in [-0.1, -0.05) is 21.1 Å². The first kappa shape index (κ1) is 11.0. The van der Waals surface area contributed by atoms with Crippen LogP contribution in [0.3, 0.4) is 0 Å². The monoisotopic (exact) mass is 281 g/mol. The molecule has 0 amide bonds. The number of Topliss-reactive ketones (excluding diaryl/α,β-unsaturated/α-hetero) is 1. The topological polar surface area (TPSA) is 55.7 Å². The average molecular weight is 282 g/mol. The normalized spacial score (nSPS) is 16.4. The number of ketones is 1. The van der Waals surface area contributed by atoms with Crippen LogP contribution in [0.4, 0.5) is 0 Å². The Morgan fingerprint density at radius 2 is 2.25 bits per heavy atom. The molecule has 0 spiro atoms. The van der Waals surface area contributed by atoms with Crippen molar-refractivity contribution in [3.05, 3.63) is 33.8 Å². The third-order valence-electron chi connectivity index (χ3n) is 2.22. The molecule has 0 saturated carbocycles. The maximum absolute atomic E-state index is 11.8. The zero-order chi connectivity index (χ0) is 11.7. The van der Waals surface area contributed by atoms with Crippen LogP contribution in [0.5, 0.6) is 0 Å². The number of halogens is 1. The quantitative estimate of drug-likeness (QED) is 0.585. The molecule has 1 aliphatic carbocycles. The molecule has 16 heavy (non-hydrogen) atoms. The van der Waals surface area contributed by atoms with Crippen molar-refractivity contribution < 1.29 is 14.4 Å². The Kier molecular flexibility index (Phi) is 2.87. The predicted octanol–water partition coefficient (Wildman–Crippen LogP) is 2.11. The van der Waals surface area contributed by atoms with E-state index in [1.807, 2.05) is 6.07 Å². The average Bonchev–Trinajstić information content (AvgIpc) is 2.52. The minimum absolute atomic E-state index is 0.177. The van der Waals surface area contributed by atoms with E-state index >= 15 is 0 Å². The van der Waals surface area contributed by atoms with Gasteiger partial charge in [0.2, 0.25) is 5.78 Å². The van der Waals surface area contributed by atoms with Crippen LogP contribution in [0.25, 0.3) is 0 Å². The summed E-state index contributed by atoms with van der Waals surface area (Å²) < 4.78 is 0.910. The second kappa shape index (κ2) is 4.17. The number of hydrogen-bond acceptors (Lipinski definition) is 4. The number of nitrogens with zero attached hydrogens (tertiary/aromatic N) is 1. The molecular formula is C11H8BrNO3. The Morgan fingerprint density at radius 1 is 1.50 bits per heavy atom. The Morgan fingerprint density at radius 3 is 2.94 bits per heavy atom. The van der Waals surface area contributed by atoms with Gasteiger partial charge in [0, 0.05) is 23.4 Å². The first-order valence-electron chi connectivity index (χ1n) is 4.65. The minimum atomic E-state index is -0.530. The smallest absolute Gasteiger partial charge is 0.318 e. The number of carbonyl (C=O) groups excluding carboxylic acids is 2. The molecule has 0 aliphatic heterocycles. The van der Waals surface area contributed by atoms with E-state index in [1.165, 1.54) is 6.92 Å². The number of benzene rings is 1. The van der Waals surface area contributed by atoms with Crippen LogP contribution in [0.1, 0.15) is 22.8 Å². The molecule has 0 bridgehead atoms. The maximum atomic E-state index is 11.8. The van der Waals surface area contributed by atoms with Gasteiger partial charge >= 0.3 is 5.97 Å². The molecule has 0 aromatic heterocycles. The Hall–Kier alpha value is -1.49. The van der Waals surface area contributed by atoms with Gasteiger partial charge in [0.15, 0.2) is 0 Å². The summed E-state index contributed by atoms with van der Waals surface area (Å²) in [5.74, 6) is -0.707. The first-order chi connectivity index (χ1) is 7.58. The van der Waals surface area contributed by atoms with E-state index in [2.05, 4.69) is 25.9 Å². The van der Waals surface area contributed by atoms with E-state index in [-0.39, 0.29) is 11.5 Å². The van der Waals surface area contributed by atoms with E-state index < -0.39 is 5.97 Å². The summed E-state index contributed by atoms with van der Waals surface area (Å²) in [6.07, 6.45) is 0.404. The molecule has 0 N–H and O–H groups in total. The van der Waals surface area contributed by atoms with Gasteiger partial charge in [-0.25, -0.2) is 4.79 Å². The lowest BCUT2D eigenvalue weighted by Crippen LogP contribution is -2.09. The van der Waals surface area contributed by atoms with Crippen molar-refractivity contribution in [1.82, 2.24) is 0 Å². The molecule has 0 radical (unpaired) electrons. The molecule has 0 saturated heterocycles. The van der Waals surface area contributed by atoms with Crippen molar-refractivity contribution in [3.8, 4) is 0 Å². The van der Waals surface area contributed by atoms with E-state index in [4.69, 9.17) is 0 Å². The number of carbonyl (C=O) groups is 2. The second-order valence-electron chi connectivity index (χ2n) is 3.43. The van der Waals surface area contributed by atoms with Crippen molar-refractivity contribution in [2.75, 3.05) is 0 Å². The molecule has 0 fully saturated rings. The van der Waals surface area contributed by atoms with Crippen molar-refractivity contribution >= 4 is 33.4 Å². The molecule has 0 heterocycles. The van der Waals surface area contributed by atoms with Gasteiger partial charge in [0.25, 0.3) is 0 Å². The second-order valence-corrected chi connectivity index (χ2v) is 4.34. The Bertz CT molecular complexity index is 508. The van der Waals surface area contributed by atoms with Crippen molar-refractivity contribution in [2.24, 2.45) is 5.16 Å². The Labute approximate surface area is 100 Å². The highest BCUT2D eigenvalue weighted by atomic mass is 79.9. The van der Waals surface area contributed by atoms with Crippen molar-refractivity contribution in [1.29, 1.82) is 0 Å². The lowest BCUT2D eigenvalue weighted by molar-refractivity contribution is -0.140. The van der Waals surface area contributed by atoms with Crippen LogP contribution >= 0.6 is 15.9 Å². The number of fused-ring (bicyclic) bond motifs is 1. The van der Waals surface area contributed by atoms with Crippen molar-refractivity contribution in [2.45, 2.75) is 13.3 Å². The third kappa shape index (κ3) is 2.04. The minimum Gasteiger partial charge on any atom is -0.318 e. The highest BCUT2D eigenvalue weighted by molar-refractivity contribution is 9.10. The summed E-state index contributed by atoms with van der Waals surface area (Å²) in [6.45, 7) is 1.24. The summed E-state index contributed by atoms with van der Waals surface area (Å²) in [6, 6.07) is 5.40. The van der Waals surface area contributed by atoms with Gasteiger partial charge in [-0.05, 0) is 23.8 Å². The molecule has 0 atom stereocenters. The van der Waals surface area contributed by atoms with Gasteiger partial charge in [-0.2, -0.15) is 0 Å². The summed E-state index contributed by atoms with van der Waals surface area (Å²) in [4.78, 5) is 26.8. The van der Waals surface area contributed by atoms with E-state index in [0.29, 0.717) is 12.0 Å². The number of oxime groups is 1. The van der Waals surface area contributed by atoms with Gasteiger partial charge in [0.1, 0.15) is 5.71 Å². The van der Waals surface area contributed by atoms with Crippen LogP contribution in [0, 0.1) is 0 Å². The number of hydrogen-bond donors (Lipinski definition) is 0. The Balaban J connectivity index is 2.30. The molecule has 1 aliphatic rings. The van der Waals surface area contributed by atoms with Gasteiger partial charge in [-0.3, -0.25) is 4.79 Å². The highest BCUT2D eigenvalue weighted by Crippen LogP contribution is 2.24. The van der Waals surface area contributed by atoms with Crippen LogP contribution < -0.4 is 0 Å². The summed E-state index contributed by atoms with van der Waals surface area (Å²) in [5, 5.41) is 3.55. The van der Waals surface area contributed by atoms with E-state index in [0.717, 1.165) is 10.0 Å². The molecule has 1 aromatic rings. The lowest BCUT2D eigenvalue weighted by Gasteiger charge is -1.95. The largest absolute Gasteiger partial charge is 0.331 e. The SMILES string of the molecule is CC(=O)O/N=C1\Cc2cc(Br)ccc2C1=O. The molecule has 0 unspecified atom stereocenters. The summed E-state index contributed by atoms with van der Waals surface area (Å²) in [5.41, 5.74) is 1.78. The predicted molar refractivity (Wildman–Crippen MR) is 61.4 cm³/mol. The van der Waals surface area contributed by atoms with E-state index in [1.54, 1.807) is 12.1 Å². The van der Waals surface area contributed by atoms with Gasteiger partial charge < -0.3 is 4.84 Å². The van der Waals surface area contributed by atoms with Crippen LogP contribution in [0.15, 0.2) is 27.8 Å². The van der Waals surface area contributed by atoms with Crippen molar-refractivity contribution in [3.63, 3.8) is 0 Å². The van der Waals surface area contributed by atoms with Gasteiger partial charge in [-0.15, -0.1) is 0 Å². The van der Waals surface area contributed by atoms with Gasteiger partial charge in [0.05, 0.1) is 0 Å². The van der Waals surface area contributed by atoms with Crippen LogP contribution in [0.2, 0.25) is 0 Å². The maximum Gasteiger partial charge on any atom is 0.331 e. The summed E-state index contributed by atoms with van der Waals surface area (Å²) >= 11 is 3.33. The molecule has 2 rings (SSSR count). The third-order valence-corrected chi connectivity index (χ3v) is 2.71. The lowest BCUT2D eigenvalue weighted by atomic mass is 10.1.